The molecule has 0 amide bonds. The van der Waals surface area contributed by atoms with E-state index in [9.17, 15) is 4.79 Å². The summed E-state index contributed by atoms with van der Waals surface area (Å²) in [4.78, 5) is 10.0. The highest BCUT2D eigenvalue weighted by Crippen LogP contribution is 2.21. The third kappa shape index (κ3) is 3.35. The van der Waals surface area contributed by atoms with Crippen LogP contribution in [0, 0.1) is 5.92 Å². The van der Waals surface area contributed by atoms with Crippen LogP contribution in [0.1, 0.15) is 38.5 Å². The molecule has 11 heavy (non-hydrogen) atoms. The summed E-state index contributed by atoms with van der Waals surface area (Å²) in [5, 5.41) is 0. The standard InChI is InChI=1S/C10H16O/c11-9-5-4-8-10-6-2-1-3-7-10/h2,6,9-10H,1,3-5,7-8H2. The van der Waals surface area contributed by atoms with Crippen molar-refractivity contribution in [2.45, 2.75) is 38.5 Å². The van der Waals surface area contributed by atoms with Gasteiger partial charge in [-0.25, -0.2) is 0 Å². The van der Waals surface area contributed by atoms with Gasteiger partial charge in [-0.3, -0.25) is 0 Å². The quantitative estimate of drug-likeness (QED) is 0.344. The Morgan fingerprint density at radius 3 is 3.09 bits per heavy atom. The van der Waals surface area contributed by atoms with E-state index < -0.39 is 0 Å². The van der Waals surface area contributed by atoms with Crippen molar-refractivity contribution in [3.63, 3.8) is 0 Å². The van der Waals surface area contributed by atoms with Crippen molar-refractivity contribution < 1.29 is 4.79 Å². The zero-order valence-electron chi connectivity index (χ0n) is 6.96. The average Bonchev–Trinajstić information content (AvgIpc) is 2.07. The predicted octanol–water partition coefficient (Wildman–Crippen LogP) is 2.71. The molecular weight excluding hydrogens is 136 g/mol. The fourth-order valence-corrected chi connectivity index (χ4v) is 1.59. The van der Waals surface area contributed by atoms with Crippen molar-refractivity contribution in [2.75, 3.05) is 0 Å². The Labute approximate surface area is 68.5 Å². The maximum absolute atomic E-state index is 10.0. The van der Waals surface area contributed by atoms with Gasteiger partial charge in [-0.15, -0.1) is 0 Å². The Balaban J connectivity index is 2.09. The molecule has 1 heteroatoms. The van der Waals surface area contributed by atoms with E-state index in [-0.39, 0.29) is 0 Å². The number of allylic oxidation sites excluding steroid dienone is 2. The topological polar surface area (TPSA) is 17.1 Å². The first kappa shape index (κ1) is 8.51. The van der Waals surface area contributed by atoms with Gasteiger partial charge in [0, 0.05) is 6.42 Å². The fourth-order valence-electron chi connectivity index (χ4n) is 1.59. The summed E-state index contributed by atoms with van der Waals surface area (Å²) in [7, 11) is 0. The molecule has 0 N–H and O–H groups in total. The summed E-state index contributed by atoms with van der Waals surface area (Å²) in [6, 6.07) is 0. The second-order valence-corrected chi connectivity index (χ2v) is 3.22. The van der Waals surface area contributed by atoms with Gasteiger partial charge in [0.2, 0.25) is 0 Å². The average molecular weight is 152 g/mol. The lowest BCUT2D eigenvalue weighted by Gasteiger charge is -2.14. The zero-order chi connectivity index (χ0) is 7.94. The van der Waals surface area contributed by atoms with Gasteiger partial charge in [-0.05, 0) is 38.0 Å². The van der Waals surface area contributed by atoms with Crippen LogP contribution in [0.4, 0.5) is 0 Å². The normalized spacial score (nSPS) is 23.5. The smallest absolute Gasteiger partial charge is 0.119 e. The molecule has 1 nitrogen and oxygen atoms in total. The highest BCUT2D eigenvalue weighted by Gasteiger charge is 2.06. The van der Waals surface area contributed by atoms with Gasteiger partial charge >= 0.3 is 0 Å². The van der Waals surface area contributed by atoms with E-state index in [1.165, 1.54) is 25.7 Å². The summed E-state index contributed by atoms with van der Waals surface area (Å²) in [5.74, 6) is 0.767. The molecule has 0 heterocycles. The van der Waals surface area contributed by atoms with Gasteiger partial charge in [-0.1, -0.05) is 12.2 Å². The third-order valence-electron chi connectivity index (χ3n) is 2.25. The van der Waals surface area contributed by atoms with Crippen LogP contribution in [0.2, 0.25) is 0 Å². The molecule has 0 aromatic rings. The molecular formula is C10H16O. The molecule has 0 radical (unpaired) electrons. The van der Waals surface area contributed by atoms with Crippen LogP contribution >= 0.6 is 0 Å². The van der Waals surface area contributed by atoms with Crippen LogP contribution in [-0.2, 0) is 4.79 Å². The molecule has 1 atom stereocenters. The van der Waals surface area contributed by atoms with Crippen LogP contribution in [0.3, 0.4) is 0 Å². The Hall–Kier alpha value is -0.590. The highest BCUT2D eigenvalue weighted by atomic mass is 16.1. The molecule has 0 bridgehead atoms. The monoisotopic (exact) mass is 152 g/mol. The molecule has 0 spiro atoms. The van der Waals surface area contributed by atoms with Crippen molar-refractivity contribution in [3.8, 4) is 0 Å². The Morgan fingerprint density at radius 1 is 1.55 bits per heavy atom. The van der Waals surface area contributed by atoms with Gasteiger partial charge in [0.05, 0.1) is 0 Å². The van der Waals surface area contributed by atoms with Crippen LogP contribution < -0.4 is 0 Å². The number of carbonyl (C=O) groups is 1. The number of hydrogen-bond acceptors (Lipinski definition) is 1. The maximum atomic E-state index is 10.0. The fraction of sp³-hybridized carbons (Fsp3) is 0.700. The molecule has 1 aliphatic rings. The first-order valence-electron chi connectivity index (χ1n) is 4.54. The molecule has 0 aliphatic heterocycles. The van der Waals surface area contributed by atoms with E-state index in [0.717, 1.165) is 25.0 Å². The van der Waals surface area contributed by atoms with Gasteiger partial charge < -0.3 is 4.79 Å². The number of hydrogen-bond donors (Lipinski definition) is 0. The Morgan fingerprint density at radius 2 is 2.45 bits per heavy atom. The summed E-state index contributed by atoms with van der Waals surface area (Å²) in [6.07, 6.45) is 12.5. The van der Waals surface area contributed by atoms with Crippen molar-refractivity contribution in [3.05, 3.63) is 12.2 Å². The van der Waals surface area contributed by atoms with Gasteiger partial charge in [0.1, 0.15) is 6.29 Å². The number of carbonyl (C=O) groups excluding carboxylic acids is 1. The zero-order valence-corrected chi connectivity index (χ0v) is 6.96. The Bertz CT molecular complexity index is 138. The molecule has 1 rings (SSSR count). The SMILES string of the molecule is O=CCCCC1C=CCCC1. The van der Waals surface area contributed by atoms with E-state index in [4.69, 9.17) is 0 Å². The third-order valence-corrected chi connectivity index (χ3v) is 2.25. The summed E-state index contributed by atoms with van der Waals surface area (Å²) < 4.78 is 0. The lowest BCUT2D eigenvalue weighted by molar-refractivity contribution is -0.107. The largest absolute Gasteiger partial charge is 0.303 e. The van der Waals surface area contributed by atoms with E-state index >= 15 is 0 Å². The van der Waals surface area contributed by atoms with E-state index in [0.29, 0.717) is 0 Å². The Kier molecular flexibility index (Phi) is 3.95. The minimum absolute atomic E-state index is 0.740. The van der Waals surface area contributed by atoms with Crippen molar-refractivity contribution in [1.29, 1.82) is 0 Å². The van der Waals surface area contributed by atoms with Crippen LogP contribution in [0.5, 0.6) is 0 Å². The predicted molar refractivity (Wildman–Crippen MR) is 46.4 cm³/mol. The van der Waals surface area contributed by atoms with Crippen LogP contribution in [-0.4, -0.2) is 6.29 Å². The van der Waals surface area contributed by atoms with Crippen molar-refractivity contribution >= 4 is 6.29 Å². The second-order valence-electron chi connectivity index (χ2n) is 3.22. The van der Waals surface area contributed by atoms with Gasteiger partial charge in [0.15, 0.2) is 0 Å². The molecule has 0 fully saturated rings. The lowest BCUT2D eigenvalue weighted by Crippen LogP contribution is -2.00. The molecule has 1 aliphatic carbocycles. The minimum atomic E-state index is 0.740. The minimum Gasteiger partial charge on any atom is -0.303 e. The van der Waals surface area contributed by atoms with Gasteiger partial charge in [-0.2, -0.15) is 0 Å². The molecule has 0 aromatic carbocycles. The van der Waals surface area contributed by atoms with E-state index in [1.807, 2.05) is 0 Å². The summed E-state index contributed by atoms with van der Waals surface area (Å²) in [5.41, 5.74) is 0. The number of aldehydes is 1. The van der Waals surface area contributed by atoms with E-state index in [1.54, 1.807) is 0 Å². The van der Waals surface area contributed by atoms with E-state index in [2.05, 4.69) is 12.2 Å². The maximum Gasteiger partial charge on any atom is 0.119 e. The van der Waals surface area contributed by atoms with Crippen molar-refractivity contribution in [1.82, 2.24) is 0 Å². The van der Waals surface area contributed by atoms with Crippen molar-refractivity contribution in [2.24, 2.45) is 5.92 Å². The molecule has 1 unspecified atom stereocenters. The van der Waals surface area contributed by atoms with Gasteiger partial charge in [0.25, 0.3) is 0 Å². The first-order valence-corrected chi connectivity index (χ1v) is 4.54. The number of rotatable bonds is 4. The molecule has 0 saturated carbocycles. The molecule has 0 aromatic heterocycles. The molecule has 0 saturated heterocycles. The summed E-state index contributed by atoms with van der Waals surface area (Å²) >= 11 is 0. The van der Waals surface area contributed by atoms with Crippen LogP contribution in [0.15, 0.2) is 12.2 Å². The summed E-state index contributed by atoms with van der Waals surface area (Å²) in [6.45, 7) is 0. The first-order chi connectivity index (χ1) is 5.43. The van der Waals surface area contributed by atoms with Crippen LogP contribution in [0.25, 0.3) is 0 Å². The highest BCUT2D eigenvalue weighted by molar-refractivity contribution is 5.48. The second kappa shape index (κ2) is 5.11. The number of unbranched alkanes of at least 4 members (excludes halogenated alkanes) is 1. The lowest BCUT2D eigenvalue weighted by atomic mass is 9.91. The molecule has 62 valence electrons.